The van der Waals surface area contributed by atoms with Crippen LogP contribution in [0.15, 0.2) is 6.07 Å². The van der Waals surface area contributed by atoms with Gasteiger partial charge >= 0.3 is 12.0 Å². The number of aromatic nitrogens is 2. The summed E-state index contributed by atoms with van der Waals surface area (Å²) in [5.41, 5.74) is 0.566. The quantitative estimate of drug-likeness (QED) is 0.749. The Hall–Kier alpha value is -1.65. The van der Waals surface area contributed by atoms with Gasteiger partial charge in [0.15, 0.2) is 5.69 Å². The summed E-state index contributed by atoms with van der Waals surface area (Å²) < 4.78 is 5.29. The Kier molecular flexibility index (Phi) is 4.69. The number of aryl methyl sites for hydroxylation is 1. The van der Waals surface area contributed by atoms with Crippen LogP contribution >= 0.6 is 0 Å². The summed E-state index contributed by atoms with van der Waals surface area (Å²) in [4.78, 5) is 18.6. The van der Waals surface area contributed by atoms with E-state index in [9.17, 15) is 4.79 Å². The van der Waals surface area contributed by atoms with E-state index in [0.29, 0.717) is 12.3 Å². The maximum atomic E-state index is 10.7. The number of hydrogen-bond donors (Lipinski definition) is 1. The average Bonchev–Trinajstić information content (AvgIpc) is 2.23. The highest BCUT2D eigenvalue weighted by Crippen LogP contribution is 2.08. The predicted octanol–water partition coefficient (Wildman–Crippen LogP) is 2.05. The van der Waals surface area contributed by atoms with Crippen molar-refractivity contribution in [3.05, 3.63) is 17.5 Å². The van der Waals surface area contributed by atoms with E-state index >= 15 is 0 Å². The fourth-order valence-corrected chi connectivity index (χ4v) is 1.23. The minimum Gasteiger partial charge on any atom is -0.477 e. The maximum absolute atomic E-state index is 10.7. The van der Waals surface area contributed by atoms with Gasteiger partial charge in [-0.2, -0.15) is 4.98 Å². The monoisotopic (exact) mass is 224 g/mol. The van der Waals surface area contributed by atoms with Crippen LogP contribution in [-0.4, -0.2) is 27.7 Å². The Morgan fingerprint density at radius 3 is 2.81 bits per heavy atom. The largest absolute Gasteiger partial charge is 0.477 e. The third kappa shape index (κ3) is 3.84. The van der Waals surface area contributed by atoms with Gasteiger partial charge in [-0.05, 0) is 19.4 Å². The molecule has 88 valence electrons. The molecule has 0 radical (unpaired) electrons. The molecule has 5 nitrogen and oxygen atoms in total. The molecule has 0 aliphatic carbocycles. The van der Waals surface area contributed by atoms with Crippen molar-refractivity contribution in [1.82, 2.24) is 9.97 Å². The van der Waals surface area contributed by atoms with Crippen LogP contribution in [0.25, 0.3) is 0 Å². The zero-order valence-corrected chi connectivity index (χ0v) is 9.56. The van der Waals surface area contributed by atoms with Crippen molar-refractivity contribution in [2.45, 2.75) is 33.1 Å². The second-order valence-electron chi connectivity index (χ2n) is 3.54. The third-order valence-electron chi connectivity index (χ3n) is 2.03. The van der Waals surface area contributed by atoms with Gasteiger partial charge in [0, 0.05) is 5.69 Å². The first-order chi connectivity index (χ1) is 7.63. The first-order valence-electron chi connectivity index (χ1n) is 5.35. The molecule has 0 fully saturated rings. The molecule has 0 spiro atoms. The summed E-state index contributed by atoms with van der Waals surface area (Å²) in [6.45, 7) is 4.34. The van der Waals surface area contributed by atoms with Crippen LogP contribution < -0.4 is 4.74 Å². The molecular weight excluding hydrogens is 208 g/mol. The first-order valence-corrected chi connectivity index (χ1v) is 5.35. The highest BCUT2D eigenvalue weighted by molar-refractivity contribution is 5.85. The topological polar surface area (TPSA) is 72.3 Å². The zero-order chi connectivity index (χ0) is 12.0. The van der Waals surface area contributed by atoms with Crippen LogP contribution in [0.1, 0.15) is 42.4 Å². The number of carboxylic acid groups (broad SMARTS) is 1. The number of carbonyl (C=O) groups is 1. The standard InChI is InChI=1S/C11H16N2O3/c1-3-4-5-6-16-11-12-8(2)7-9(13-11)10(14)15/h7H,3-6H2,1-2H3,(H,14,15). The van der Waals surface area contributed by atoms with Crippen molar-refractivity contribution in [3.8, 4) is 6.01 Å². The smallest absolute Gasteiger partial charge is 0.354 e. The van der Waals surface area contributed by atoms with Crippen molar-refractivity contribution in [2.24, 2.45) is 0 Å². The van der Waals surface area contributed by atoms with E-state index in [-0.39, 0.29) is 11.7 Å². The fraction of sp³-hybridized carbons (Fsp3) is 0.545. The molecule has 5 heteroatoms. The van der Waals surface area contributed by atoms with E-state index in [1.165, 1.54) is 6.07 Å². The van der Waals surface area contributed by atoms with E-state index in [2.05, 4.69) is 16.9 Å². The third-order valence-corrected chi connectivity index (χ3v) is 2.03. The second-order valence-corrected chi connectivity index (χ2v) is 3.54. The summed E-state index contributed by atoms with van der Waals surface area (Å²) in [5, 5.41) is 8.80. The summed E-state index contributed by atoms with van der Waals surface area (Å²) in [6, 6.07) is 1.56. The van der Waals surface area contributed by atoms with E-state index in [1.54, 1.807) is 6.92 Å². The molecule has 0 amide bonds. The minimum atomic E-state index is -1.07. The number of hydrogen-bond acceptors (Lipinski definition) is 4. The van der Waals surface area contributed by atoms with E-state index in [0.717, 1.165) is 19.3 Å². The van der Waals surface area contributed by atoms with Crippen molar-refractivity contribution in [2.75, 3.05) is 6.61 Å². The molecule has 0 unspecified atom stereocenters. The van der Waals surface area contributed by atoms with Crippen molar-refractivity contribution < 1.29 is 14.6 Å². The fourth-order valence-electron chi connectivity index (χ4n) is 1.23. The van der Waals surface area contributed by atoms with Crippen LogP contribution in [0.3, 0.4) is 0 Å². The van der Waals surface area contributed by atoms with Crippen LogP contribution in [0, 0.1) is 6.92 Å². The van der Waals surface area contributed by atoms with Crippen molar-refractivity contribution >= 4 is 5.97 Å². The number of ether oxygens (including phenoxy) is 1. The molecule has 0 aliphatic rings. The van der Waals surface area contributed by atoms with E-state index < -0.39 is 5.97 Å². The van der Waals surface area contributed by atoms with Gasteiger partial charge < -0.3 is 9.84 Å². The van der Waals surface area contributed by atoms with Crippen LogP contribution in [-0.2, 0) is 0 Å². The highest BCUT2D eigenvalue weighted by atomic mass is 16.5. The first kappa shape index (κ1) is 12.4. The van der Waals surface area contributed by atoms with Crippen LogP contribution in [0.2, 0.25) is 0 Å². The molecule has 0 aromatic carbocycles. The molecule has 1 aromatic heterocycles. The Labute approximate surface area is 94.5 Å². The lowest BCUT2D eigenvalue weighted by Gasteiger charge is -2.05. The summed E-state index contributed by atoms with van der Waals surface area (Å²) in [7, 11) is 0. The molecule has 0 saturated carbocycles. The van der Waals surface area contributed by atoms with Gasteiger partial charge in [-0.15, -0.1) is 0 Å². The normalized spacial score (nSPS) is 10.1. The molecule has 16 heavy (non-hydrogen) atoms. The molecule has 0 bridgehead atoms. The number of aromatic carboxylic acids is 1. The SMILES string of the molecule is CCCCCOc1nc(C)cc(C(=O)O)n1. The molecule has 0 saturated heterocycles. The van der Waals surface area contributed by atoms with Crippen molar-refractivity contribution in [1.29, 1.82) is 0 Å². The number of unbranched alkanes of at least 4 members (excludes halogenated alkanes) is 2. The Bertz CT molecular complexity index is 366. The van der Waals surface area contributed by atoms with E-state index in [1.807, 2.05) is 0 Å². The molecule has 1 rings (SSSR count). The molecule has 1 heterocycles. The lowest BCUT2D eigenvalue weighted by Crippen LogP contribution is -2.07. The number of nitrogens with zero attached hydrogens (tertiary/aromatic N) is 2. The average molecular weight is 224 g/mol. The second kappa shape index (κ2) is 6.05. The Morgan fingerprint density at radius 2 is 2.19 bits per heavy atom. The Balaban J connectivity index is 2.62. The maximum Gasteiger partial charge on any atom is 0.354 e. The lowest BCUT2D eigenvalue weighted by molar-refractivity contribution is 0.0688. The van der Waals surface area contributed by atoms with Gasteiger partial charge in [0.1, 0.15) is 0 Å². The van der Waals surface area contributed by atoms with Crippen LogP contribution in [0.4, 0.5) is 0 Å². The van der Waals surface area contributed by atoms with Gasteiger partial charge in [-0.25, -0.2) is 9.78 Å². The summed E-state index contributed by atoms with van der Waals surface area (Å²) >= 11 is 0. The zero-order valence-electron chi connectivity index (χ0n) is 9.56. The summed E-state index contributed by atoms with van der Waals surface area (Å²) in [5.74, 6) is -1.07. The molecule has 0 atom stereocenters. The molecule has 1 aromatic rings. The molecular formula is C11H16N2O3. The number of carboxylic acids is 1. The van der Waals surface area contributed by atoms with Gasteiger partial charge in [-0.1, -0.05) is 19.8 Å². The van der Waals surface area contributed by atoms with Crippen LogP contribution in [0.5, 0.6) is 6.01 Å². The van der Waals surface area contributed by atoms with Gasteiger partial charge in [-0.3, -0.25) is 0 Å². The highest BCUT2D eigenvalue weighted by Gasteiger charge is 2.08. The lowest BCUT2D eigenvalue weighted by atomic mass is 10.3. The van der Waals surface area contributed by atoms with Crippen molar-refractivity contribution in [3.63, 3.8) is 0 Å². The van der Waals surface area contributed by atoms with Gasteiger partial charge in [0.05, 0.1) is 6.61 Å². The molecule has 1 N–H and O–H groups in total. The van der Waals surface area contributed by atoms with Gasteiger partial charge in [0.25, 0.3) is 0 Å². The van der Waals surface area contributed by atoms with E-state index in [4.69, 9.17) is 9.84 Å². The number of rotatable bonds is 6. The Morgan fingerprint density at radius 1 is 1.44 bits per heavy atom. The van der Waals surface area contributed by atoms with Gasteiger partial charge in [0.2, 0.25) is 0 Å². The molecule has 0 aliphatic heterocycles. The predicted molar refractivity (Wildman–Crippen MR) is 58.7 cm³/mol. The summed E-state index contributed by atoms with van der Waals surface area (Å²) in [6.07, 6.45) is 3.12. The minimum absolute atomic E-state index is 0.0296.